The van der Waals surface area contributed by atoms with Gasteiger partial charge in [-0.05, 0) is 45.3 Å². The molecule has 0 saturated carbocycles. The van der Waals surface area contributed by atoms with Gasteiger partial charge in [0.2, 0.25) is 0 Å². The summed E-state index contributed by atoms with van der Waals surface area (Å²) in [7, 11) is 2.23. The third-order valence-corrected chi connectivity index (χ3v) is 4.10. The second kappa shape index (κ2) is 4.65. The fourth-order valence-electron chi connectivity index (χ4n) is 3.17. The van der Waals surface area contributed by atoms with Crippen molar-refractivity contribution in [1.29, 1.82) is 0 Å². The van der Waals surface area contributed by atoms with Gasteiger partial charge in [0.05, 0.1) is 0 Å². The number of pyridine rings is 1. The molecule has 1 atom stereocenters. The highest BCUT2D eigenvalue weighted by Crippen LogP contribution is 2.35. The molecule has 0 N–H and O–H groups in total. The Balaban J connectivity index is 1.92. The molecular weight excluding hydrogens is 210 g/mol. The molecule has 2 aliphatic rings. The Morgan fingerprint density at radius 2 is 2.00 bits per heavy atom. The fraction of sp³-hybridized carbons (Fsp3) is 0.643. The van der Waals surface area contributed by atoms with Crippen molar-refractivity contribution in [3.8, 4) is 0 Å². The van der Waals surface area contributed by atoms with Crippen molar-refractivity contribution >= 4 is 5.82 Å². The molecule has 3 heteroatoms. The maximum Gasteiger partial charge on any atom is 0.133 e. The van der Waals surface area contributed by atoms with Crippen LogP contribution in [0.25, 0.3) is 0 Å². The average Bonchev–Trinajstić information content (AvgIpc) is 3.00. The van der Waals surface area contributed by atoms with E-state index in [2.05, 4.69) is 34.0 Å². The van der Waals surface area contributed by atoms with Crippen LogP contribution in [0.5, 0.6) is 0 Å². The maximum absolute atomic E-state index is 4.64. The number of rotatable bonds is 2. The van der Waals surface area contributed by atoms with Crippen molar-refractivity contribution < 1.29 is 0 Å². The third kappa shape index (κ3) is 2.04. The quantitative estimate of drug-likeness (QED) is 0.779. The van der Waals surface area contributed by atoms with Crippen LogP contribution in [0.4, 0.5) is 5.82 Å². The standard InChI is InChI=1S/C14H21N3/c1-16-9-5-7-13(16)12-6-4-8-15-14(12)17-10-2-3-11-17/h4,6,8,13H,2-3,5,7,9-11H2,1H3. The summed E-state index contributed by atoms with van der Waals surface area (Å²) in [6, 6.07) is 4.94. The summed E-state index contributed by atoms with van der Waals surface area (Å²) in [5.41, 5.74) is 1.44. The lowest BCUT2D eigenvalue weighted by molar-refractivity contribution is 0.317. The van der Waals surface area contributed by atoms with Crippen LogP contribution < -0.4 is 4.90 Å². The van der Waals surface area contributed by atoms with Gasteiger partial charge >= 0.3 is 0 Å². The Morgan fingerprint density at radius 1 is 1.18 bits per heavy atom. The van der Waals surface area contributed by atoms with Gasteiger partial charge in [0, 0.05) is 30.9 Å². The first kappa shape index (κ1) is 11.0. The minimum Gasteiger partial charge on any atom is -0.356 e. The van der Waals surface area contributed by atoms with Crippen molar-refractivity contribution in [2.45, 2.75) is 31.7 Å². The molecular formula is C14H21N3. The molecule has 1 aromatic rings. The summed E-state index contributed by atoms with van der Waals surface area (Å²) >= 11 is 0. The van der Waals surface area contributed by atoms with Gasteiger partial charge in [0.25, 0.3) is 0 Å². The highest BCUT2D eigenvalue weighted by Gasteiger charge is 2.27. The van der Waals surface area contributed by atoms with Gasteiger partial charge in [0.1, 0.15) is 5.82 Å². The molecule has 1 aromatic heterocycles. The molecule has 3 heterocycles. The molecule has 2 aliphatic heterocycles. The van der Waals surface area contributed by atoms with Crippen molar-refractivity contribution in [2.24, 2.45) is 0 Å². The summed E-state index contributed by atoms with van der Waals surface area (Å²) in [5.74, 6) is 1.24. The van der Waals surface area contributed by atoms with Gasteiger partial charge in [-0.2, -0.15) is 0 Å². The first-order valence-corrected chi connectivity index (χ1v) is 6.76. The van der Waals surface area contributed by atoms with E-state index < -0.39 is 0 Å². The van der Waals surface area contributed by atoms with E-state index in [0.717, 1.165) is 0 Å². The van der Waals surface area contributed by atoms with Crippen LogP contribution in [0.2, 0.25) is 0 Å². The lowest BCUT2D eigenvalue weighted by Crippen LogP contribution is -2.24. The molecule has 0 radical (unpaired) electrons. The van der Waals surface area contributed by atoms with Crippen LogP contribution in [0, 0.1) is 0 Å². The fourth-order valence-corrected chi connectivity index (χ4v) is 3.17. The Hall–Kier alpha value is -1.09. The third-order valence-electron chi connectivity index (χ3n) is 4.10. The van der Waals surface area contributed by atoms with E-state index in [1.165, 1.54) is 56.7 Å². The van der Waals surface area contributed by atoms with E-state index in [1.54, 1.807) is 0 Å². The molecule has 17 heavy (non-hydrogen) atoms. The molecule has 0 aromatic carbocycles. The highest BCUT2D eigenvalue weighted by atomic mass is 15.2. The van der Waals surface area contributed by atoms with Crippen molar-refractivity contribution in [3.05, 3.63) is 23.9 Å². The zero-order chi connectivity index (χ0) is 11.7. The smallest absolute Gasteiger partial charge is 0.133 e. The molecule has 3 nitrogen and oxygen atoms in total. The monoisotopic (exact) mass is 231 g/mol. The Labute approximate surface area is 103 Å². The minimum absolute atomic E-state index is 0.583. The van der Waals surface area contributed by atoms with Crippen LogP contribution in [0.1, 0.15) is 37.3 Å². The van der Waals surface area contributed by atoms with E-state index in [-0.39, 0.29) is 0 Å². The van der Waals surface area contributed by atoms with E-state index >= 15 is 0 Å². The summed E-state index contributed by atoms with van der Waals surface area (Å²) in [4.78, 5) is 9.57. The van der Waals surface area contributed by atoms with Gasteiger partial charge in [-0.1, -0.05) is 6.07 Å². The largest absolute Gasteiger partial charge is 0.356 e. The molecule has 2 fully saturated rings. The van der Waals surface area contributed by atoms with E-state index in [4.69, 9.17) is 0 Å². The van der Waals surface area contributed by atoms with Crippen LogP contribution in [-0.2, 0) is 0 Å². The molecule has 2 saturated heterocycles. The second-order valence-electron chi connectivity index (χ2n) is 5.25. The van der Waals surface area contributed by atoms with Gasteiger partial charge in [-0.3, -0.25) is 4.90 Å². The van der Waals surface area contributed by atoms with Crippen molar-refractivity contribution in [2.75, 3.05) is 31.6 Å². The van der Waals surface area contributed by atoms with Gasteiger partial charge in [-0.15, -0.1) is 0 Å². The van der Waals surface area contributed by atoms with Gasteiger partial charge in [-0.25, -0.2) is 4.98 Å². The first-order chi connectivity index (χ1) is 8.36. The Morgan fingerprint density at radius 3 is 2.71 bits per heavy atom. The zero-order valence-electron chi connectivity index (χ0n) is 10.6. The van der Waals surface area contributed by atoms with E-state index in [0.29, 0.717) is 6.04 Å². The van der Waals surface area contributed by atoms with E-state index in [9.17, 15) is 0 Å². The lowest BCUT2D eigenvalue weighted by Gasteiger charge is -2.26. The van der Waals surface area contributed by atoms with Crippen molar-refractivity contribution in [1.82, 2.24) is 9.88 Å². The summed E-state index contributed by atoms with van der Waals surface area (Å²) in [6.45, 7) is 3.58. The number of likely N-dealkylation sites (tertiary alicyclic amines) is 1. The molecule has 0 spiro atoms. The van der Waals surface area contributed by atoms with Gasteiger partial charge < -0.3 is 4.90 Å². The summed E-state index contributed by atoms with van der Waals surface area (Å²) in [5, 5.41) is 0. The Bertz CT molecular complexity index is 385. The predicted octanol–water partition coefficient (Wildman–Crippen LogP) is 2.45. The first-order valence-electron chi connectivity index (χ1n) is 6.76. The second-order valence-corrected chi connectivity index (χ2v) is 5.25. The Kier molecular flexibility index (Phi) is 3.02. The topological polar surface area (TPSA) is 19.4 Å². The molecule has 92 valence electrons. The summed E-state index contributed by atoms with van der Waals surface area (Å²) in [6.07, 6.45) is 7.16. The van der Waals surface area contributed by atoms with E-state index in [1.807, 2.05) is 6.20 Å². The molecule has 0 amide bonds. The number of aromatic nitrogens is 1. The van der Waals surface area contributed by atoms with Crippen LogP contribution in [-0.4, -0.2) is 36.6 Å². The number of nitrogens with zero attached hydrogens (tertiary/aromatic N) is 3. The average molecular weight is 231 g/mol. The molecule has 1 unspecified atom stereocenters. The summed E-state index contributed by atoms with van der Waals surface area (Å²) < 4.78 is 0. The SMILES string of the molecule is CN1CCCC1c1cccnc1N1CCCC1. The number of hydrogen-bond acceptors (Lipinski definition) is 3. The maximum atomic E-state index is 4.64. The van der Waals surface area contributed by atoms with Crippen LogP contribution in [0.15, 0.2) is 18.3 Å². The molecule has 0 bridgehead atoms. The normalized spacial score (nSPS) is 25.7. The predicted molar refractivity (Wildman–Crippen MR) is 70.3 cm³/mol. The number of hydrogen-bond donors (Lipinski definition) is 0. The number of anilines is 1. The van der Waals surface area contributed by atoms with Crippen LogP contribution in [0.3, 0.4) is 0 Å². The lowest BCUT2D eigenvalue weighted by atomic mass is 10.1. The highest BCUT2D eigenvalue weighted by molar-refractivity contribution is 5.49. The molecule has 3 rings (SSSR count). The van der Waals surface area contributed by atoms with Crippen LogP contribution >= 0.6 is 0 Å². The van der Waals surface area contributed by atoms with Gasteiger partial charge in [0.15, 0.2) is 0 Å². The minimum atomic E-state index is 0.583. The zero-order valence-corrected chi connectivity index (χ0v) is 10.6. The van der Waals surface area contributed by atoms with Crippen molar-refractivity contribution in [3.63, 3.8) is 0 Å². The molecule has 0 aliphatic carbocycles.